The zero-order valence-electron chi connectivity index (χ0n) is 14.4. The van der Waals surface area contributed by atoms with Gasteiger partial charge >= 0.3 is 6.18 Å². The number of nitrogens with zero attached hydrogens (tertiary/aromatic N) is 3. The normalized spacial score (nSPS) is 12.9. The van der Waals surface area contributed by atoms with Gasteiger partial charge in [0.2, 0.25) is 5.91 Å². The van der Waals surface area contributed by atoms with E-state index < -0.39 is 30.5 Å². The van der Waals surface area contributed by atoms with Gasteiger partial charge in [-0.2, -0.15) is 13.2 Å². The molecule has 0 aliphatic rings. The molecule has 0 saturated carbocycles. The van der Waals surface area contributed by atoms with Crippen LogP contribution in [0.1, 0.15) is 6.92 Å². The number of hydrogen-bond acceptors (Lipinski definition) is 4. The maximum Gasteiger partial charge on any atom is 0.405 e. The Hall–Kier alpha value is -2.88. The fourth-order valence-electron chi connectivity index (χ4n) is 2.79. The van der Waals surface area contributed by atoms with Crippen molar-refractivity contribution in [1.29, 1.82) is 0 Å². The quantitative estimate of drug-likeness (QED) is 0.622. The number of alkyl halides is 3. The van der Waals surface area contributed by atoms with Crippen LogP contribution in [0.5, 0.6) is 0 Å². The molecular weight excluding hydrogens is 402 g/mol. The highest BCUT2D eigenvalue weighted by molar-refractivity contribution is 6.31. The number of amides is 1. The third kappa shape index (κ3) is 3.86. The summed E-state index contributed by atoms with van der Waals surface area (Å²) in [5.41, 5.74) is 6.05. The average molecular weight is 416 g/mol. The van der Waals surface area contributed by atoms with Gasteiger partial charge in [-0.05, 0) is 13.0 Å². The number of anilines is 1. The minimum absolute atomic E-state index is 0.00544. The number of carbonyl (C=O) groups excluding carboxylic acids is 1. The second-order valence-electron chi connectivity index (χ2n) is 6.10. The predicted molar refractivity (Wildman–Crippen MR) is 96.4 cm³/mol. The highest BCUT2D eigenvalue weighted by Gasteiger charge is 2.34. The second kappa shape index (κ2) is 7.27. The predicted octanol–water partition coefficient (Wildman–Crippen LogP) is 3.66. The summed E-state index contributed by atoms with van der Waals surface area (Å²) in [5.74, 6) is -1.64. The zero-order chi connectivity index (χ0) is 20.6. The number of nitrogens with two attached hydrogens (primary N) is 1. The molecule has 0 aromatic carbocycles. The Labute approximate surface area is 161 Å². The number of primary amides is 1. The van der Waals surface area contributed by atoms with Crippen molar-refractivity contribution in [1.82, 2.24) is 15.0 Å². The number of halogens is 5. The highest BCUT2D eigenvalue weighted by Crippen LogP contribution is 2.34. The molecule has 0 radical (unpaired) electrons. The lowest BCUT2D eigenvalue weighted by Crippen LogP contribution is -2.47. The van der Waals surface area contributed by atoms with Crippen LogP contribution in [0.4, 0.5) is 23.2 Å². The van der Waals surface area contributed by atoms with E-state index in [9.17, 15) is 22.4 Å². The number of aromatic nitrogens is 3. The summed E-state index contributed by atoms with van der Waals surface area (Å²) in [6.45, 7) is -0.145. The van der Waals surface area contributed by atoms with E-state index >= 15 is 0 Å². The summed E-state index contributed by atoms with van der Waals surface area (Å²) >= 11 is 5.78. The number of aromatic amines is 1. The molecule has 6 nitrogen and oxygen atoms in total. The van der Waals surface area contributed by atoms with Gasteiger partial charge in [-0.15, -0.1) is 0 Å². The van der Waals surface area contributed by atoms with Crippen LogP contribution >= 0.6 is 11.6 Å². The molecule has 1 amide bonds. The molecule has 0 bridgehead atoms. The Morgan fingerprint density at radius 1 is 1.36 bits per heavy atom. The van der Waals surface area contributed by atoms with Crippen molar-refractivity contribution in [2.24, 2.45) is 5.73 Å². The maximum absolute atomic E-state index is 14.5. The van der Waals surface area contributed by atoms with E-state index in [0.29, 0.717) is 11.1 Å². The molecule has 3 aromatic rings. The van der Waals surface area contributed by atoms with E-state index in [1.54, 1.807) is 0 Å². The molecule has 3 rings (SSSR count). The first kappa shape index (κ1) is 19.9. The van der Waals surface area contributed by atoms with Gasteiger partial charge in [0, 0.05) is 23.5 Å². The molecule has 1 atom stereocenters. The molecule has 0 aliphatic heterocycles. The summed E-state index contributed by atoms with van der Waals surface area (Å²) in [5, 5.41) is -0.115. The third-order valence-electron chi connectivity index (χ3n) is 4.19. The van der Waals surface area contributed by atoms with Crippen LogP contribution in [-0.2, 0) is 4.79 Å². The van der Waals surface area contributed by atoms with Gasteiger partial charge in [0.15, 0.2) is 5.82 Å². The van der Waals surface area contributed by atoms with E-state index in [4.69, 9.17) is 17.3 Å². The largest absolute Gasteiger partial charge is 0.405 e. The van der Waals surface area contributed by atoms with Crippen LogP contribution in [0.2, 0.25) is 5.02 Å². The van der Waals surface area contributed by atoms with Crippen LogP contribution in [-0.4, -0.2) is 39.6 Å². The van der Waals surface area contributed by atoms with E-state index in [2.05, 4.69) is 15.0 Å². The van der Waals surface area contributed by atoms with Crippen molar-refractivity contribution in [3.8, 4) is 11.1 Å². The number of pyridine rings is 2. The first-order chi connectivity index (χ1) is 13.1. The molecule has 3 N–H and O–H groups in total. The molecular formula is C17H14ClF4N5O. The summed E-state index contributed by atoms with van der Waals surface area (Å²) in [7, 11) is 0. The Morgan fingerprint density at radius 3 is 2.71 bits per heavy atom. The number of rotatable bonds is 5. The zero-order valence-corrected chi connectivity index (χ0v) is 15.1. The minimum atomic E-state index is -4.58. The monoisotopic (exact) mass is 415 g/mol. The Balaban J connectivity index is 2.11. The lowest BCUT2D eigenvalue weighted by atomic mass is 10.1. The molecule has 148 valence electrons. The van der Waals surface area contributed by atoms with Crippen molar-refractivity contribution in [2.45, 2.75) is 19.1 Å². The van der Waals surface area contributed by atoms with Crippen molar-refractivity contribution in [2.75, 3.05) is 11.4 Å². The molecule has 3 heterocycles. The standard InChI is InChI=1S/C17H14ClF4N5O/c1-8(15(23)28)27(7-17(20,21)22)10-2-9(3-24-4-10)11-5-25-16-13(11)14(19)12(18)6-26-16/h2-6,8H,7H2,1H3,(H2,23,28)(H,25,26)/t8-/m1/s1. The minimum Gasteiger partial charge on any atom is -0.368 e. The van der Waals surface area contributed by atoms with Gasteiger partial charge in [0.05, 0.1) is 28.5 Å². The lowest BCUT2D eigenvalue weighted by molar-refractivity contribution is -0.125. The topological polar surface area (TPSA) is 87.9 Å². The number of carbonyl (C=O) groups is 1. The smallest absolute Gasteiger partial charge is 0.368 e. The fraction of sp³-hybridized carbons (Fsp3) is 0.235. The van der Waals surface area contributed by atoms with Gasteiger partial charge in [-0.3, -0.25) is 9.78 Å². The Bertz CT molecular complexity index is 1040. The van der Waals surface area contributed by atoms with Gasteiger partial charge < -0.3 is 15.6 Å². The SMILES string of the molecule is C[C@H](C(N)=O)N(CC(F)(F)F)c1cncc(-c2c[nH]c3ncc(Cl)c(F)c23)c1. The van der Waals surface area contributed by atoms with Gasteiger partial charge in [-0.1, -0.05) is 11.6 Å². The average Bonchev–Trinajstić information content (AvgIpc) is 3.06. The van der Waals surface area contributed by atoms with Gasteiger partial charge in [0.25, 0.3) is 0 Å². The summed E-state index contributed by atoms with van der Waals surface area (Å²) < 4.78 is 53.5. The third-order valence-corrected chi connectivity index (χ3v) is 4.45. The maximum atomic E-state index is 14.5. The van der Waals surface area contributed by atoms with Crippen LogP contribution in [0.25, 0.3) is 22.2 Å². The summed E-state index contributed by atoms with van der Waals surface area (Å²) in [6.07, 6.45) is 0.541. The van der Waals surface area contributed by atoms with Crippen LogP contribution in [0.3, 0.4) is 0 Å². The molecule has 3 aromatic heterocycles. The number of H-pyrrole nitrogens is 1. The van der Waals surface area contributed by atoms with Crippen LogP contribution < -0.4 is 10.6 Å². The number of hydrogen-bond donors (Lipinski definition) is 2. The molecule has 0 fully saturated rings. The van der Waals surface area contributed by atoms with Crippen LogP contribution in [0.15, 0.2) is 30.9 Å². The van der Waals surface area contributed by atoms with E-state index in [-0.39, 0.29) is 21.7 Å². The van der Waals surface area contributed by atoms with E-state index in [1.165, 1.54) is 31.6 Å². The first-order valence-corrected chi connectivity index (χ1v) is 8.35. The van der Waals surface area contributed by atoms with Crippen molar-refractivity contribution in [3.63, 3.8) is 0 Å². The highest BCUT2D eigenvalue weighted by atomic mass is 35.5. The molecule has 0 spiro atoms. The van der Waals surface area contributed by atoms with Crippen molar-refractivity contribution in [3.05, 3.63) is 41.7 Å². The van der Waals surface area contributed by atoms with E-state index in [0.717, 1.165) is 11.1 Å². The molecule has 28 heavy (non-hydrogen) atoms. The van der Waals surface area contributed by atoms with Gasteiger partial charge in [0.1, 0.15) is 18.2 Å². The second-order valence-corrected chi connectivity index (χ2v) is 6.51. The van der Waals surface area contributed by atoms with E-state index in [1.807, 2.05) is 0 Å². The molecule has 0 saturated heterocycles. The van der Waals surface area contributed by atoms with Crippen LogP contribution in [0, 0.1) is 5.82 Å². The van der Waals surface area contributed by atoms with Crippen molar-refractivity contribution >= 4 is 34.2 Å². The lowest BCUT2D eigenvalue weighted by Gasteiger charge is -2.30. The summed E-state index contributed by atoms with van der Waals surface area (Å²) in [4.78, 5) is 23.0. The molecule has 0 aliphatic carbocycles. The summed E-state index contributed by atoms with van der Waals surface area (Å²) in [6, 6.07) is 0.121. The Kier molecular flexibility index (Phi) is 5.16. The first-order valence-electron chi connectivity index (χ1n) is 7.97. The Morgan fingerprint density at radius 2 is 2.07 bits per heavy atom. The fourth-order valence-corrected chi connectivity index (χ4v) is 2.94. The molecule has 11 heteroatoms. The molecule has 0 unspecified atom stereocenters. The van der Waals surface area contributed by atoms with Gasteiger partial charge in [-0.25, -0.2) is 9.37 Å². The van der Waals surface area contributed by atoms with Crippen molar-refractivity contribution < 1.29 is 22.4 Å². The number of nitrogens with one attached hydrogen (secondary N) is 1. The number of fused-ring (bicyclic) bond motifs is 1.